The lowest BCUT2D eigenvalue weighted by atomic mass is 10.1. The first-order valence-electron chi connectivity index (χ1n) is 5.33. The summed E-state index contributed by atoms with van der Waals surface area (Å²) < 4.78 is 0. The van der Waals surface area contributed by atoms with Crippen molar-refractivity contribution in [3.63, 3.8) is 0 Å². The van der Waals surface area contributed by atoms with E-state index in [0.717, 1.165) is 0 Å². The smallest absolute Gasteiger partial charge is 0.319 e. The van der Waals surface area contributed by atoms with Crippen molar-refractivity contribution >= 4 is 17.7 Å². The number of aromatic amines is 1. The molecule has 17 heavy (non-hydrogen) atoms. The van der Waals surface area contributed by atoms with Gasteiger partial charge in [-0.3, -0.25) is 9.89 Å². The van der Waals surface area contributed by atoms with Crippen LogP contribution in [0.1, 0.15) is 19.8 Å². The summed E-state index contributed by atoms with van der Waals surface area (Å²) in [6.07, 6.45) is 3.72. The van der Waals surface area contributed by atoms with Crippen molar-refractivity contribution in [2.24, 2.45) is 5.92 Å². The van der Waals surface area contributed by atoms with Crippen LogP contribution in [0.15, 0.2) is 12.4 Å². The number of carboxylic acid groups (broad SMARTS) is 1. The molecule has 0 bridgehead atoms. The highest BCUT2D eigenvalue weighted by molar-refractivity contribution is 5.88. The summed E-state index contributed by atoms with van der Waals surface area (Å²) in [6.45, 7) is 2.33. The van der Waals surface area contributed by atoms with E-state index in [1.165, 1.54) is 6.20 Å². The lowest BCUT2D eigenvalue weighted by Crippen LogP contribution is -2.32. The van der Waals surface area contributed by atoms with Crippen LogP contribution in [0.3, 0.4) is 0 Å². The van der Waals surface area contributed by atoms with Crippen molar-refractivity contribution in [3.8, 4) is 0 Å². The molecule has 2 amide bonds. The lowest BCUT2D eigenvalue weighted by molar-refractivity contribution is -0.137. The summed E-state index contributed by atoms with van der Waals surface area (Å²) in [4.78, 5) is 21.7. The highest BCUT2D eigenvalue weighted by Crippen LogP contribution is 2.04. The number of carbonyl (C=O) groups is 2. The van der Waals surface area contributed by atoms with Crippen LogP contribution in [0.5, 0.6) is 0 Å². The third-order valence-corrected chi connectivity index (χ3v) is 2.22. The monoisotopic (exact) mass is 240 g/mol. The van der Waals surface area contributed by atoms with Crippen LogP contribution >= 0.6 is 0 Å². The SMILES string of the molecule is CC(CCC(=O)O)CNC(=O)Nc1cn[nH]c1. The number of carboxylic acids is 1. The second-order valence-corrected chi connectivity index (χ2v) is 3.86. The zero-order valence-corrected chi connectivity index (χ0v) is 9.56. The minimum atomic E-state index is -0.820. The van der Waals surface area contributed by atoms with Crippen molar-refractivity contribution in [1.29, 1.82) is 0 Å². The molecule has 1 unspecified atom stereocenters. The number of aromatic nitrogens is 2. The summed E-state index contributed by atoms with van der Waals surface area (Å²) in [5.74, 6) is -0.694. The predicted molar refractivity (Wildman–Crippen MR) is 61.6 cm³/mol. The van der Waals surface area contributed by atoms with E-state index in [-0.39, 0.29) is 18.4 Å². The highest BCUT2D eigenvalue weighted by Gasteiger charge is 2.07. The van der Waals surface area contributed by atoms with Crippen LogP contribution in [0.4, 0.5) is 10.5 Å². The number of aliphatic carboxylic acids is 1. The minimum Gasteiger partial charge on any atom is -0.481 e. The molecule has 0 aliphatic carbocycles. The second-order valence-electron chi connectivity index (χ2n) is 3.86. The van der Waals surface area contributed by atoms with Crippen LogP contribution in [-0.4, -0.2) is 33.8 Å². The van der Waals surface area contributed by atoms with Crippen molar-refractivity contribution in [2.45, 2.75) is 19.8 Å². The molecule has 7 nitrogen and oxygen atoms in total. The van der Waals surface area contributed by atoms with E-state index < -0.39 is 5.97 Å². The molecule has 7 heteroatoms. The fourth-order valence-corrected chi connectivity index (χ4v) is 1.23. The molecule has 1 rings (SSSR count). The summed E-state index contributed by atoms with van der Waals surface area (Å²) in [5, 5.41) is 20.0. The molecule has 0 radical (unpaired) electrons. The van der Waals surface area contributed by atoms with Gasteiger partial charge in [-0.15, -0.1) is 0 Å². The topological polar surface area (TPSA) is 107 Å². The standard InChI is InChI=1S/C10H16N4O3/c1-7(2-3-9(15)16)4-11-10(17)14-8-5-12-13-6-8/h5-7H,2-4H2,1H3,(H,12,13)(H,15,16)(H2,11,14,17). The first-order chi connectivity index (χ1) is 8.08. The average molecular weight is 240 g/mol. The van der Waals surface area contributed by atoms with Gasteiger partial charge in [-0.25, -0.2) is 4.79 Å². The molecule has 0 spiro atoms. The summed E-state index contributed by atoms with van der Waals surface area (Å²) in [5.41, 5.74) is 0.584. The van der Waals surface area contributed by atoms with Crippen LogP contribution in [0.2, 0.25) is 0 Å². The lowest BCUT2D eigenvalue weighted by Gasteiger charge is -2.11. The Morgan fingerprint density at radius 2 is 2.35 bits per heavy atom. The number of hydrogen-bond acceptors (Lipinski definition) is 3. The Kier molecular flexibility index (Phi) is 4.99. The Morgan fingerprint density at radius 3 is 2.94 bits per heavy atom. The van der Waals surface area contributed by atoms with E-state index in [1.54, 1.807) is 6.20 Å². The molecule has 1 atom stereocenters. The van der Waals surface area contributed by atoms with Gasteiger partial charge in [-0.05, 0) is 12.3 Å². The van der Waals surface area contributed by atoms with Gasteiger partial charge >= 0.3 is 12.0 Å². The number of H-pyrrole nitrogens is 1. The third-order valence-electron chi connectivity index (χ3n) is 2.22. The van der Waals surface area contributed by atoms with Gasteiger partial charge in [0, 0.05) is 19.2 Å². The number of hydrogen-bond donors (Lipinski definition) is 4. The van der Waals surface area contributed by atoms with E-state index in [1.807, 2.05) is 6.92 Å². The molecule has 0 aliphatic heterocycles. The van der Waals surface area contributed by atoms with Gasteiger partial charge in [0.2, 0.25) is 0 Å². The predicted octanol–water partition coefficient (Wildman–Crippen LogP) is 1.03. The van der Waals surface area contributed by atoms with Crippen LogP contribution in [0, 0.1) is 5.92 Å². The fourth-order valence-electron chi connectivity index (χ4n) is 1.23. The van der Waals surface area contributed by atoms with Gasteiger partial charge in [0.25, 0.3) is 0 Å². The van der Waals surface area contributed by atoms with E-state index in [9.17, 15) is 9.59 Å². The van der Waals surface area contributed by atoms with Crippen LogP contribution in [0.25, 0.3) is 0 Å². The van der Waals surface area contributed by atoms with Gasteiger partial charge in [0.1, 0.15) is 0 Å². The summed E-state index contributed by atoms with van der Waals surface area (Å²) in [6, 6.07) is -0.325. The van der Waals surface area contributed by atoms with E-state index in [4.69, 9.17) is 5.11 Å². The van der Waals surface area contributed by atoms with Crippen molar-refractivity contribution in [1.82, 2.24) is 15.5 Å². The summed E-state index contributed by atoms with van der Waals surface area (Å²) >= 11 is 0. The van der Waals surface area contributed by atoms with Gasteiger partial charge in [0.15, 0.2) is 0 Å². The largest absolute Gasteiger partial charge is 0.481 e. The molecule has 94 valence electrons. The molecule has 0 fully saturated rings. The minimum absolute atomic E-state index is 0.117. The number of rotatable bonds is 6. The van der Waals surface area contributed by atoms with Crippen molar-refractivity contribution < 1.29 is 14.7 Å². The second kappa shape index (κ2) is 6.51. The van der Waals surface area contributed by atoms with Crippen molar-refractivity contribution in [2.75, 3.05) is 11.9 Å². The van der Waals surface area contributed by atoms with Gasteiger partial charge < -0.3 is 15.7 Å². The molecule has 0 aromatic carbocycles. The molecule has 1 aromatic heterocycles. The van der Waals surface area contributed by atoms with Crippen LogP contribution in [-0.2, 0) is 4.79 Å². The van der Waals surface area contributed by atoms with Gasteiger partial charge in [-0.2, -0.15) is 5.10 Å². The number of urea groups is 1. The molecule has 1 aromatic rings. The molecule has 0 saturated carbocycles. The Labute approximate surface area is 98.6 Å². The third kappa shape index (κ3) is 5.55. The van der Waals surface area contributed by atoms with Crippen LogP contribution < -0.4 is 10.6 Å². The quantitative estimate of drug-likeness (QED) is 0.595. The fraction of sp³-hybridized carbons (Fsp3) is 0.500. The maximum atomic E-state index is 11.4. The Bertz CT molecular complexity index is 364. The highest BCUT2D eigenvalue weighted by atomic mass is 16.4. The molecule has 0 aliphatic rings. The summed E-state index contributed by atoms with van der Waals surface area (Å²) in [7, 11) is 0. The maximum absolute atomic E-state index is 11.4. The molecular formula is C10H16N4O3. The number of nitrogens with one attached hydrogen (secondary N) is 3. The van der Waals surface area contributed by atoms with Crippen molar-refractivity contribution in [3.05, 3.63) is 12.4 Å². The Morgan fingerprint density at radius 1 is 1.59 bits per heavy atom. The van der Waals surface area contributed by atoms with E-state index in [0.29, 0.717) is 18.7 Å². The van der Waals surface area contributed by atoms with Gasteiger partial charge in [-0.1, -0.05) is 6.92 Å². The first-order valence-corrected chi connectivity index (χ1v) is 5.33. The van der Waals surface area contributed by atoms with E-state index >= 15 is 0 Å². The number of carbonyl (C=O) groups excluding carboxylic acids is 1. The molecule has 1 heterocycles. The maximum Gasteiger partial charge on any atom is 0.319 e. The Hall–Kier alpha value is -2.05. The van der Waals surface area contributed by atoms with Gasteiger partial charge in [0.05, 0.1) is 11.9 Å². The number of anilines is 1. The normalized spacial score (nSPS) is 11.8. The van der Waals surface area contributed by atoms with E-state index in [2.05, 4.69) is 20.8 Å². The molecular weight excluding hydrogens is 224 g/mol. The average Bonchev–Trinajstić information content (AvgIpc) is 2.76. The number of amides is 2. The Balaban J connectivity index is 2.17. The number of nitrogens with zero attached hydrogens (tertiary/aromatic N) is 1. The molecule has 4 N–H and O–H groups in total. The zero-order valence-electron chi connectivity index (χ0n) is 9.56. The zero-order chi connectivity index (χ0) is 12.7. The molecule has 0 saturated heterocycles. The first kappa shape index (κ1) is 13.0.